The number of piperidine rings is 1. The van der Waals surface area contributed by atoms with Crippen LogP contribution in [0.3, 0.4) is 0 Å². The lowest BCUT2D eigenvalue weighted by Crippen LogP contribution is -2.46. The van der Waals surface area contributed by atoms with Crippen molar-refractivity contribution in [2.24, 2.45) is 7.05 Å². The van der Waals surface area contributed by atoms with Crippen LogP contribution >= 0.6 is 0 Å². The summed E-state index contributed by atoms with van der Waals surface area (Å²) in [5, 5.41) is 21.5. The van der Waals surface area contributed by atoms with Crippen molar-refractivity contribution in [3.05, 3.63) is 70.5 Å². The SMILES string of the molecule is Cn1c(N2CCC(NC(=O)O)CC2)nc(-c2ccc(C#N)c(F)c2)c(-c2ccc3occc3c2)c1=O. The van der Waals surface area contributed by atoms with Crippen molar-refractivity contribution in [1.82, 2.24) is 14.9 Å². The molecule has 5 rings (SSSR count). The predicted octanol–water partition coefficient (Wildman–Crippen LogP) is 4.11. The van der Waals surface area contributed by atoms with Crippen molar-refractivity contribution < 1.29 is 18.7 Å². The first-order chi connectivity index (χ1) is 17.4. The van der Waals surface area contributed by atoms with Gasteiger partial charge in [0.1, 0.15) is 17.5 Å². The number of fused-ring (bicyclic) bond motifs is 1. The molecule has 0 saturated carbocycles. The fourth-order valence-corrected chi connectivity index (χ4v) is 4.62. The van der Waals surface area contributed by atoms with Gasteiger partial charge in [-0.1, -0.05) is 12.1 Å². The van der Waals surface area contributed by atoms with Crippen molar-refractivity contribution in [1.29, 1.82) is 5.26 Å². The highest BCUT2D eigenvalue weighted by Gasteiger charge is 2.26. The minimum atomic E-state index is -1.07. The standard InChI is InChI=1S/C26H22FN5O4/c1-31-24(33)22(16-4-5-21-15(12-16)8-11-36-21)23(17-2-3-18(14-28)20(27)13-17)30-25(31)32-9-6-19(7-10-32)29-26(34)35/h2-5,8,11-13,19,29H,6-7,9-10H2,1H3,(H,34,35). The maximum absolute atomic E-state index is 14.6. The normalized spacial score (nSPS) is 14.1. The lowest BCUT2D eigenvalue weighted by molar-refractivity contribution is 0.187. The molecule has 1 aliphatic heterocycles. The van der Waals surface area contributed by atoms with Crippen LogP contribution in [0.25, 0.3) is 33.4 Å². The van der Waals surface area contributed by atoms with E-state index in [0.717, 1.165) is 5.39 Å². The number of halogens is 1. The number of hydrogen-bond acceptors (Lipinski definition) is 6. The first kappa shape index (κ1) is 23.1. The molecule has 1 saturated heterocycles. The van der Waals surface area contributed by atoms with Gasteiger partial charge >= 0.3 is 6.09 Å². The Morgan fingerprint density at radius 1 is 1.19 bits per heavy atom. The minimum absolute atomic E-state index is 0.0998. The largest absolute Gasteiger partial charge is 0.465 e. The van der Waals surface area contributed by atoms with Gasteiger partial charge in [0.25, 0.3) is 5.56 Å². The first-order valence-corrected chi connectivity index (χ1v) is 11.4. The molecule has 0 bridgehead atoms. The van der Waals surface area contributed by atoms with Crippen LogP contribution in [0.4, 0.5) is 15.1 Å². The number of benzene rings is 2. The topological polar surface area (TPSA) is 124 Å². The third-order valence-corrected chi connectivity index (χ3v) is 6.48. The Morgan fingerprint density at radius 2 is 1.94 bits per heavy atom. The Bertz CT molecular complexity index is 1580. The van der Waals surface area contributed by atoms with Crippen molar-refractivity contribution >= 4 is 23.0 Å². The smallest absolute Gasteiger partial charge is 0.404 e. The number of hydrogen-bond donors (Lipinski definition) is 2. The molecule has 1 amide bonds. The van der Waals surface area contributed by atoms with Crippen molar-refractivity contribution in [2.75, 3.05) is 18.0 Å². The van der Waals surface area contributed by atoms with Crippen LogP contribution in [0.1, 0.15) is 18.4 Å². The van der Waals surface area contributed by atoms with Gasteiger partial charge in [0.05, 0.1) is 23.1 Å². The lowest BCUT2D eigenvalue weighted by Gasteiger charge is -2.33. The van der Waals surface area contributed by atoms with Gasteiger partial charge in [0.2, 0.25) is 5.95 Å². The highest BCUT2D eigenvalue weighted by atomic mass is 19.1. The van der Waals surface area contributed by atoms with E-state index in [9.17, 15) is 14.0 Å². The highest BCUT2D eigenvalue weighted by molar-refractivity contribution is 5.88. The van der Waals surface area contributed by atoms with Crippen LogP contribution in [0.2, 0.25) is 0 Å². The molecule has 2 aromatic carbocycles. The summed E-state index contributed by atoms with van der Waals surface area (Å²) in [6, 6.07) is 12.9. The summed E-state index contributed by atoms with van der Waals surface area (Å²) in [7, 11) is 1.63. The van der Waals surface area contributed by atoms with Crippen molar-refractivity contribution in [2.45, 2.75) is 18.9 Å². The fourth-order valence-electron chi connectivity index (χ4n) is 4.62. The summed E-state index contributed by atoms with van der Waals surface area (Å²) in [6.07, 6.45) is 1.61. The van der Waals surface area contributed by atoms with Crippen molar-refractivity contribution in [3.63, 3.8) is 0 Å². The number of furan rings is 1. The zero-order valence-corrected chi connectivity index (χ0v) is 19.4. The Kier molecular flexibility index (Phi) is 5.90. The molecule has 0 atom stereocenters. The molecular formula is C26H22FN5O4. The number of rotatable bonds is 4. The third kappa shape index (κ3) is 4.15. The van der Waals surface area contributed by atoms with Crippen LogP contribution in [0.5, 0.6) is 0 Å². The van der Waals surface area contributed by atoms with Crippen molar-refractivity contribution in [3.8, 4) is 28.5 Å². The van der Waals surface area contributed by atoms with Crippen LogP contribution in [0, 0.1) is 17.1 Å². The number of aromatic nitrogens is 2. The average Bonchev–Trinajstić information content (AvgIpc) is 3.34. The molecule has 4 aromatic rings. The number of anilines is 1. The summed E-state index contributed by atoms with van der Waals surface area (Å²) in [5.41, 5.74) is 1.83. The molecule has 0 radical (unpaired) electrons. The molecule has 1 aliphatic rings. The van der Waals surface area contributed by atoms with Gasteiger partial charge in [-0.3, -0.25) is 9.36 Å². The van der Waals surface area contributed by atoms with Crippen LogP contribution in [-0.4, -0.2) is 39.9 Å². The number of carbonyl (C=O) groups is 1. The van der Waals surface area contributed by atoms with Crippen LogP contribution in [0.15, 0.2) is 57.9 Å². The molecule has 10 heteroatoms. The number of nitriles is 1. The van der Waals surface area contributed by atoms with Gasteiger partial charge in [-0.05, 0) is 48.7 Å². The maximum atomic E-state index is 14.6. The van der Waals surface area contributed by atoms with E-state index < -0.39 is 11.9 Å². The van der Waals surface area contributed by atoms with E-state index in [0.29, 0.717) is 59.8 Å². The third-order valence-electron chi connectivity index (χ3n) is 6.48. The van der Waals surface area contributed by atoms with E-state index in [4.69, 9.17) is 19.8 Å². The molecule has 2 N–H and O–H groups in total. The number of nitrogens with zero attached hydrogens (tertiary/aromatic N) is 4. The number of amides is 1. The maximum Gasteiger partial charge on any atom is 0.404 e. The molecule has 182 valence electrons. The Morgan fingerprint density at radius 3 is 2.64 bits per heavy atom. The van der Waals surface area contributed by atoms with Gasteiger partial charge in [0, 0.05) is 37.1 Å². The molecule has 36 heavy (non-hydrogen) atoms. The monoisotopic (exact) mass is 487 g/mol. The van der Waals surface area contributed by atoms with Crippen LogP contribution < -0.4 is 15.8 Å². The summed E-state index contributed by atoms with van der Waals surface area (Å²) in [5.74, 6) is -0.294. The van der Waals surface area contributed by atoms with E-state index in [1.165, 1.54) is 16.7 Å². The molecule has 1 fully saturated rings. The second kappa shape index (κ2) is 9.19. The van der Waals surface area contributed by atoms with Gasteiger partial charge in [0.15, 0.2) is 0 Å². The Balaban J connectivity index is 1.65. The summed E-state index contributed by atoms with van der Waals surface area (Å²) >= 11 is 0. The number of nitrogens with one attached hydrogen (secondary N) is 1. The highest BCUT2D eigenvalue weighted by Crippen LogP contribution is 2.33. The van der Waals surface area contributed by atoms with Gasteiger partial charge < -0.3 is 19.7 Å². The second-order valence-electron chi connectivity index (χ2n) is 8.69. The predicted molar refractivity (Wildman–Crippen MR) is 131 cm³/mol. The number of carboxylic acid groups (broad SMARTS) is 1. The quantitative estimate of drug-likeness (QED) is 0.444. The van der Waals surface area contributed by atoms with E-state index in [1.807, 2.05) is 17.0 Å². The molecule has 0 spiro atoms. The van der Waals surface area contributed by atoms with E-state index in [-0.39, 0.29) is 17.2 Å². The second-order valence-corrected chi connectivity index (χ2v) is 8.69. The molecule has 0 aliphatic carbocycles. The van der Waals surface area contributed by atoms with Crippen LogP contribution in [-0.2, 0) is 7.05 Å². The fraction of sp³-hybridized carbons (Fsp3) is 0.231. The molecule has 0 unspecified atom stereocenters. The molecule has 3 heterocycles. The van der Waals surface area contributed by atoms with E-state index in [2.05, 4.69) is 5.32 Å². The van der Waals surface area contributed by atoms with Gasteiger partial charge in [-0.15, -0.1) is 0 Å². The lowest BCUT2D eigenvalue weighted by atomic mass is 9.98. The Labute approximate surface area is 205 Å². The summed E-state index contributed by atoms with van der Waals surface area (Å²) < 4.78 is 21.5. The summed E-state index contributed by atoms with van der Waals surface area (Å²) in [4.78, 5) is 31.5. The zero-order valence-electron chi connectivity index (χ0n) is 19.4. The van der Waals surface area contributed by atoms with Gasteiger partial charge in [-0.25, -0.2) is 14.2 Å². The van der Waals surface area contributed by atoms with Gasteiger partial charge in [-0.2, -0.15) is 5.26 Å². The van der Waals surface area contributed by atoms with E-state index in [1.54, 1.807) is 37.6 Å². The Hall–Kier alpha value is -4.65. The first-order valence-electron chi connectivity index (χ1n) is 11.4. The zero-order chi connectivity index (χ0) is 25.4. The molecule has 9 nitrogen and oxygen atoms in total. The van der Waals surface area contributed by atoms with E-state index >= 15 is 0 Å². The average molecular weight is 487 g/mol. The molecular weight excluding hydrogens is 465 g/mol. The summed E-state index contributed by atoms with van der Waals surface area (Å²) in [6.45, 7) is 0.986. The minimum Gasteiger partial charge on any atom is -0.465 e. The molecule has 2 aromatic heterocycles.